The van der Waals surface area contributed by atoms with Crippen LogP contribution in [0.15, 0.2) is 65.3 Å². The Kier molecular flexibility index (Phi) is 6.28. The number of ether oxygens (including phenoxy) is 1. The average molecular weight is 357 g/mol. The largest absolute Gasteiger partial charge is 0.491 e. The summed E-state index contributed by atoms with van der Waals surface area (Å²) in [6.07, 6.45) is 1.11. The van der Waals surface area contributed by atoms with E-state index in [0.717, 1.165) is 18.1 Å². The third kappa shape index (κ3) is 5.74. The van der Waals surface area contributed by atoms with E-state index in [1.165, 1.54) is 9.75 Å². The van der Waals surface area contributed by atoms with Crippen molar-refractivity contribution in [3.8, 4) is 5.75 Å². The summed E-state index contributed by atoms with van der Waals surface area (Å²) in [6.45, 7) is 4.33. The number of para-hydroxylation sites is 1. The van der Waals surface area contributed by atoms with Gasteiger partial charge in [0.25, 0.3) is 0 Å². The lowest BCUT2D eigenvalue weighted by molar-refractivity contribution is 0.0608. The lowest BCUT2D eigenvalue weighted by atomic mass is 10.3. The van der Waals surface area contributed by atoms with Crippen molar-refractivity contribution in [2.45, 2.75) is 26.1 Å². The number of nitrogens with zero attached hydrogens (tertiary/aromatic N) is 1. The minimum Gasteiger partial charge on any atom is -0.491 e. The molecule has 25 heavy (non-hydrogen) atoms. The first-order valence-electron chi connectivity index (χ1n) is 8.35. The Bertz CT molecular complexity index is 739. The van der Waals surface area contributed by atoms with Crippen molar-refractivity contribution in [1.82, 2.24) is 4.90 Å². The van der Waals surface area contributed by atoms with E-state index in [1.54, 1.807) is 17.6 Å². The molecule has 0 aliphatic carbocycles. The highest BCUT2D eigenvalue weighted by atomic mass is 32.1. The molecule has 0 bridgehead atoms. The van der Waals surface area contributed by atoms with Gasteiger partial charge in [0.15, 0.2) is 0 Å². The molecule has 1 atom stereocenters. The maximum Gasteiger partial charge on any atom is 0.119 e. The first-order chi connectivity index (χ1) is 12.2. The number of hydrogen-bond donors (Lipinski definition) is 1. The fraction of sp³-hybridized carbons (Fsp3) is 0.300. The van der Waals surface area contributed by atoms with Gasteiger partial charge in [-0.1, -0.05) is 18.2 Å². The molecule has 0 saturated carbocycles. The summed E-state index contributed by atoms with van der Waals surface area (Å²) >= 11 is 1.78. The average Bonchev–Trinajstić information content (AvgIpc) is 3.26. The van der Waals surface area contributed by atoms with Gasteiger partial charge >= 0.3 is 0 Å². The number of aliphatic hydroxyl groups excluding tert-OH is 1. The molecule has 132 valence electrons. The SMILES string of the molecule is Cc1ccc(CN(Cc2ccco2)CC(O)COc2ccccc2)s1. The summed E-state index contributed by atoms with van der Waals surface area (Å²) in [5.41, 5.74) is 0. The molecule has 0 spiro atoms. The van der Waals surface area contributed by atoms with E-state index < -0.39 is 6.10 Å². The molecule has 0 saturated heterocycles. The molecule has 0 aliphatic rings. The molecule has 3 aromatic rings. The summed E-state index contributed by atoms with van der Waals surface area (Å²) < 4.78 is 11.1. The zero-order valence-corrected chi connectivity index (χ0v) is 15.1. The molecule has 0 fully saturated rings. The molecular weight excluding hydrogens is 334 g/mol. The number of aliphatic hydroxyl groups is 1. The van der Waals surface area contributed by atoms with E-state index in [9.17, 15) is 5.11 Å². The fourth-order valence-corrected chi connectivity index (χ4v) is 3.59. The second-order valence-electron chi connectivity index (χ2n) is 6.04. The minimum absolute atomic E-state index is 0.266. The van der Waals surface area contributed by atoms with E-state index in [2.05, 4.69) is 24.0 Å². The number of rotatable bonds is 9. The van der Waals surface area contributed by atoms with Crippen molar-refractivity contribution < 1.29 is 14.3 Å². The Labute approximate surface area is 152 Å². The molecule has 2 aromatic heterocycles. The van der Waals surface area contributed by atoms with E-state index in [0.29, 0.717) is 13.1 Å². The summed E-state index contributed by atoms with van der Waals surface area (Å²) in [6, 6.07) is 17.7. The van der Waals surface area contributed by atoms with Gasteiger partial charge in [-0.25, -0.2) is 0 Å². The zero-order valence-electron chi connectivity index (χ0n) is 14.3. The summed E-state index contributed by atoms with van der Waals surface area (Å²) in [5, 5.41) is 10.4. The standard InChI is InChI=1S/C20H23NO3S/c1-16-9-10-20(25-16)14-21(13-19-8-5-11-23-19)12-17(22)15-24-18-6-3-2-4-7-18/h2-11,17,22H,12-15H2,1H3. The quantitative estimate of drug-likeness (QED) is 0.626. The van der Waals surface area contributed by atoms with Crippen LogP contribution in [0.3, 0.4) is 0 Å². The molecule has 3 rings (SSSR count). The van der Waals surface area contributed by atoms with Crippen molar-refractivity contribution in [3.05, 3.63) is 76.4 Å². The fourth-order valence-electron chi connectivity index (χ4n) is 2.66. The van der Waals surface area contributed by atoms with Crippen LogP contribution in [0.25, 0.3) is 0 Å². The van der Waals surface area contributed by atoms with Crippen LogP contribution in [0, 0.1) is 6.92 Å². The van der Waals surface area contributed by atoms with Gasteiger partial charge in [0, 0.05) is 22.8 Å². The van der Waals surface area contributed by atoms with Gasteiger partial charge in [0.1, 0.15) is 24.2 Å². The Balaban J connectivity index is 1.57. The molecule has 1 N–H and O–H groups in total. The molecule has 5 heteroatoms. The Hall–Kier alpha value is -2.08. The number of hydrogen-bond acceptors (Lipinski definition) is 5. The first-order valence-corrected chi connectivity index (χ1v) is 9.16. The van der Waals surface area contributed by atoms with E-state index in [-0.39, 0.29) is 6.61 Å². The molecule has 0 radical (unpaired) electrons. The van der Waals surface area contributed by atoms with Crippen LogP contribution in [0.5, 0.6) is 5.75 Å². The number of thiophene rings is 1. The van der Waals surface area contributed by atoms with Crippen LogP contribution in [0.2, 0.25) is 0 Å². The van der Waals surface area contributed by atoms with Gasteiger partial charge in [-0.05, 0) is 43.3 Å². The third-order valence-electron chi connectivity index (χ3n) is 3.79. The van der Waals surface area contributed by atoms with E-state index in [1.807, 2.05) is 42.5 Å². The van der Waals surface area contributed by atoms with Gasteiger partial charge < -0.3 is 14.3 Å². The normalized spacial score (nSPS) is 12.4. The van der Waals surface area contributed by atoms with Gasteiger partial charge in [-0.3, -0.25) is 4.90 Å². The van der Waals surface area contributed by atoms with Crippen LogP contribution < -0.4 is 4.74 Å². The monoisotopic (exact) mass is 357 g/mol. The summed E-state index contributed by atoms with van der Waals surface area (Å²) in [7, 11) is 0. The van der Waals surface area contributed by atoms with Crippen molar-refractivity contribution in [3.63, 3.8) is 0 Å². The summed E-state index contributed by atoms with van der Waals surface area (Å²) in [5.74, 6) is 1.66. The lowest BCUT2D eigenvalue weighted by Gasteiger charge is -2.24. The van der Waals surface area contributed by atoms with E-state index in [4.69, 9.17) is 9.15 Å². The lowest BCUT2D eigenvalue weighted by Crippen LogP contribution is -2.34. The van der Waals surface area contributed by atoms with Crippen LogP contribution in [-0.4, -0.2) is 29.3 Å². The number of benzene rings is 1. The van der Waals surface area contributed by atoms with Gasteiger partial charge in [0.05, 0.1) is 12.8 Å². The third-order valence-corrected chi connectivity index (χ3v) is 4.77. The van der Waals surface area contributed by atoms with Gasteiger partial charge in [-0.2, -0.15) is 0 Å². The van der Waals surface area contributed by atoms with Crippen LogP contribution in [0.1, 0.15) is 15.5 Å². The van der Waals surface area contributed by atoms with Crippen LogP contribution >= 0.6 is 11.3 Å². The second-order valence-corrected chi connectivity index (χ2v) is 7.41. The number of furan rings is 1. The number of aryl methyl sites for hydroxylation is 1. The molecule has 4 nitrogen and oxygen atoms in total. The van der Waals surface area contributed by atoms with Crippen molar-refractivity contribution in [2.24, 2.45) is 0 Å². The van der Waals surface area contributed by atoms with Crippen molar-refractivity contribution >= 4 is 11.3 Å². The maximum atomic E-state index is 10.4. The maximum absolute atomic E-state index is 10.4. The highest BCUT2D eigenvalue weighted by Crippen LogP contribution is 2.19. The smallest absolute Gasteiger partial charge is 0.119 e. The highest BCUT2D eigenvalue weighted by molar-refractivity contribution is 7.11. The first kappa shape index (κ1) is 17.7. The Morgan fingerprint density at radius 1 is 1.08 bits per heavy atom. The van der Waals surface area contributed by atoms with Gasteiger partial charge in [-0.15, -0.1) is 11.3 Å². The highest BCUT2D eigenvalue weighted by Gasteiger charge is 2.15. The van der Waals surface area contributed by atoms with Gasteiger partial charge in [0.2, 0.25) is 0 Å². The molecule has 1 aromatic carbocycles. The molecule has 0 amide bonds. The zero-order chi connectivity index (χ0) is 17.5. The molecule has 0 aliphatic heterocycles. The predicted molar refractivity (Wildman–Crippen MR) is 99.8 cm³/mol. The minimum atomic E-state index is -0.573. The summed E-state index contributed by atoms with van der Waals surface area (Å²) in [4.78, 5) is 4.75. The second kappa shape index (κ2) is 8.85. The Morgan fingerprint density at radius 2 is 1.92 bits per heavy atom. The van der Waals surface area contributed by atoms with E-state index >= 15 is 0 Å². The molecular formula is C20H23NO3S. The van der Waals surface area contributed by atoms with Crippen molar-refractivity contribution in [1.29, 1.82) is 0 Å². The predicted octanol–water partition coefficient (Wildman–Crippen LogP) is 4.09. The van der Waals surface area contributed by atoms with Crippen LogP contribution in [-0.2, 0) is 13.1 Å². The Morgan fingerprint density at radius 3 is 2.60 bits per heavy atom. The van der Waals surface area contributed by atoms with Crippen LogP contribution in [0.4, 0.5) is 0 Å². The topological polar surface area (TPSA) is 45.8 Å². The molecule has 1 unspecified atom stereocenters. The van der Waals surface area contributed by atoms with Crippen molar-refractivity contribution in [2.75, 3.05) is 13.2 Å². The molecule has 2 heterocycles.